The molecule has 0 aromatic rings. The van der Waals surface area contributed by atoms with Crippen molar-refractivity contribution < 1.29 is 13.6 Å². The second kappa shape index (κ2) is 5.68. The molecule has 0 bridgehead atoms. The summed E-state index contributed by atoms with van der Waals surface area (Å²) in [6, 6.07) is -0.161. The minimum atomic E-state index is -3.40. The van der Waals surface area contributed by atoms with E-state index in [-0.39, 0.29) is 24.8 Å². The predicted octanol–water partition coefficient (Wildman–Crippen LogP) is 0.962. The Morgan fingerprint density at radius 2 is 1.88 bits per heavy atom. The summed E-state index contributed by atoms with van der Waals surface area (Å²) in [6.45, 7) is 8.78. The van der Waals surface area contributed by atoms with E-state index in [2.05, 4.69) is 5.16 Å². The number of nitrogens with two attached hydrogens (primary N) is 1. The zero-order chi connectivity index (χ0) is 13.9. The molecule has 0 amide bonds. The van der Waals surface area contributed by atoms with Crippen molar-refractivity contribution in [2.45, 2.75) is 51.8 Å². The number of hydrogen-bond donors (Lipinski definition) is 2. The normalized spacial score (nSPS) is 14.6. The Labute approximate surface area is 104 Å². The molecule has 0 heterocycles. The summed E-state index contributed by atoms with van der Waals surface area (Å²) in [5.74, 6) is 0.0276. The van der Waals surface area contributed by atoms with Gasteiger partial charge in [0.15, 0.2) is 0 Å². The van der Waals surface area contributed by atoms with Crippen LogP contribution in [0, 0.1) is 0 Å². The van der Waals surface area contributed by atoms with Crippen LogP contribution in [0.3, 0.4) is 0 Å². The third-order valence-corrected chi connectivity index (χ3v) is 5.14. The van der Waals surface area contributed by atoms with E-state index in [9.17, 15) is 8.42 Å². The number of hydrogen-bond acceptors (Lipinski definition) is 4. The van der Waals surface area contributed by atoms with Crippen molar-refractivity contribution >= 4 is 15.9 Å². The van der Waals surface area contributed by atoms with E-state index >= 15 is 0 Å². The van der Waals surface area contributed by atoms with Gasteiger partial charge in [0, 0.05) is 19.0 Å². The maximum atomic E-state index is 12.3. The first-order chi connectivity index (χ1) is 7.54. The molecule has 0 aromatic carbocycles. The SMILES string of the molecule is CC(C)N(CCC(N)=NO)S(=O)(=O)C(C)(C)C. The molecule has 0 unspecified atom stereocenters. The smallest absolute Gasteiger partial charge is 0.219 e. The Bertz CT molecular complexity index is 369. The predicted molar refractivity (Wildman–Crippen MR) is 68.5 cm³/mol. The lowest BCUT2D eigenvalue weighted by Crippen LogP contribution is -2.47. The fourth-order valence-corrected chi connectivity index (χ4v) is 2.87. The Hall–Kier alpha value is -0.820. The lowest BCUT2D eigenvalue weighted by molar-refractivity contribution is 0.312. The third kappa shape index (κ3) is 4.16. The second-order valence-corrected chi connectivity index (χ2v) is 7.81. The summed E-state index contributed by atoms with van der Waals surface area (Å²) < 4.78 is 25.1. The van der Waals surface area contributed by atoms with Gasteiger partial charge in [-0.2, -0.15) is 4.31 Å². The number of nitrogens with zero attached hydrogens (tertiary/aromatic N) is 2. The van der Waals surface area contributed by atoms with E-state index in [0.717, 1.165) is 0 Å². The number of oxime groups is 1. The van der Waals surface area contributed by atoms with Gasteiger partial charge in [-0.15, -0.1) is 0 Å². The van der Waals surface area contributed by atoms with Crippen molar-refractivity contribution in [3.05, 3.63) is 0 Å². The average molecular weight is 265 g/mol. The summed E-state index contributed by atoms with van der Waals surface area (Å²) in [7, 11) is -3.40. The van der Waals surface area contributed by atoms with Gasteiger partial charge in [0.25, 0.3) is 0 Å². The summed E-state index contributed by atoms with van der Waals surface area (Å²) >= 11 is 0. The summed E-state index contributed by atoms with van der Waals surface area (Å²) in [4.78, 5) is 0. The van der Waals surface area contributed by atoms with E-state index in [1.165, 1.54) is 4.31 Å². The first-order valence-electron chi connectivity index (χ1n) is 5.51. The van der Waals surface area contributed by atoms with E-state index in [0.29, 0.717) is 0 Å². The van der Waals surface area contributed by atoms with Gasteiger partial charge in [0.05, 0.1) is 4.75 Å². The molecule has 0 atom stereocenters. The Morgan fingerprint density at radius 3 is 2.18 bits per heavy atom. The molecular weight excluding hydrogens is 242 g/mol. The molecule has 0 fully saturated rings. The molecule has 0 saturated carbocycles. The van der Waals surface area contributed by atoms with Gasteiger partial charge in [0.1, 0.15) is 5.84 Å². The molecule has 3 N–H and O–H groups in total. The highest BCUT2D eigenvalue weighted by Crippen LogP contribution is 2.22. The second-order valence-electron chi connectivity index (χ2n) is 5.16. The number of amidine groups is 1. The van der Waals surface area contributed by atoms with Crippen molar-refractivity contribution in [2.75, 3.05) is 6.54 Å². The average Bonchev–Trinajstić information content (AvgIpc) is 2.14. The topological polar surface area (TPSA) is 96.0 Å². The minimum absolute atomic E-state index is 0.0276. The zero-order valence-corrected chi connectivity index (χ0v) is 12.0. The van der Waals surface area contributed by atoms with Crippen molar-refractivity contribution in [2.24, 2.45) is 10.9 Å². The van der Waals surface area contributed by atoms with Gasteiger partial charge in [-0.3, -0.25) is 0 Å². The van der Waals surface area contributed by atoms with Gasteiger partial charge in [-0.05, 0) is 34.6 Å². The first kappa shape index (κ1) is 16.2. The molecule has 0 radical (unpaired) electrons. The van der Waals surface area contributed by atoms with Crippen LogP contribution in [0.25, 0.3) is 0 Å². The summed E-state index contributed by atoms with van der Waals surface area (Å²) in [5, 5.41) is 11.3. The highest BCUT2D eigenvalue weighted by atomic mass is 32.2. The van der Waals surface area contributed by atoms with Gasteiger partial charge < -0.3 is 10.9 Å². The molecular formula is C10H23N3O3S. The van der Waals surface area contributed by atoms with Crippen LogP contribution in [-0.2, 0) is 10.0 Å². The molecule has 6 nitrogen and oxygen atoms in total. The summed E-state index contributed by atoms with van der Waals surface area (Å²) in [5.41, 5.74) is 5.35. The van der Waals surface area contributed by atoms with Crippen LogP contribution in [0.5, 0.6) is 0 Å². The molecule has 17 heavy (non-hydrogen) atoms. The maximum Gasteiger partial charge on any atom is 0.219 e. The van der Waals surface area contributed by atoms with Crippen molar-refractivity contribution in [3.8, 4) is 0 Å². The standard InChI is InChI=1S/C10H23N3O3S/c1-8(2)13(7-6-9(11)12-14)17(15,16)10(3,4)5/h8,14H,6-7H2,1-5H3,(H2,11,12). The van der Waals surface area contributed by atoms with Gasteiger partial charge in [-0.1, -0.05) is 5.16 Å². The lowest BCUT2D eigenvalue weighted by Gasteiger charge is -2.32. The van der Waals surface area contributed by atoms with Crippen molar-refractivity contribution in [1.29, 1.82) is 0 Å². The fraction of sp³-hybridized carbons (Fsp3) is 0.900. The van der Waals surface area contributed by atoms with Gasteiger partial charge in [-0.25, -0.2) is 8.42 Å². The molecule has 0 aliphatic carbocycles. The molecule has 0 saturated heterocycles. The quantitative estimate of drug-likeness (QED) is 0.335. The molecule has 0 aromatic heterocycles. The number of rotatable bonds is 5. The van der Waals surface area contributed by atoms with Crippen LogP contribution in [0.4, 0.5) is 0 Å². The van der Waals surface area contributed by atoms with Gasteiger partial charge in [0.2, 0.25) is 10.0 Å². The zero-order valence-electron chi connectivity index (χ0n) is 11.1. The first-order valence-corrected chi connectivity index (χ1v) is 6.96. The molecule has 0 aliphatic heterocycles. The Balaban J connectivity index is 5.02. The molecule has 7 heteroatoms. The van der Waals surface area contributed by atoms with Gasteiger partial charge >= 0.3 is 0 Å². The van der Waals surface area contributed by atoms with Crippen LogP contribution >= 0.6 is 0 Å². The monoisotopic (exact) mass is 265 g/mol. The molecule has 0 spiro atoms. The highest BCUT2D eigenvalue weighted by Gasteiger charge is 2.36. The Morgan fingerprint density at radius 1 is 1.41 bits per heavy atom. The van der Waals surface area contributed by atoms with Crippen LogP contribution in [0.2, 0.25) is 0 Å². The van der Waals surface area contributed by atoms with Crippen LogP contribution < -0.4 is 5.73 Å². The van der Waals surface area contributed by atoms with Crippen LogP contribution in [0.1, 0.15) is 41.0 Å². The maximum absolute atomic E-state index is 12.3. The van der Waals surface area contributed by atoms with E-state index in [1.54, 1.807) is 34.6 Å². The minimum Gasteiger partial charge on any atom is -0.409 e. The Kier molecular flexibility index (Phi) is 5.41. The molecule has 102 valence electrons. The largest absolute Gasteiger partial charge is 0.409 e. The number of sulfonamides is 1. The van der Waals surface area contributed by atoms with Crippen LogP contribution in [-0.4, -0.2) is 41.1 Å². The van der Waals surface area contributed by atoms with Crippen molar-refractivity contribution in [1.82, 2.24) is 4.31 Å². The fourth-order valence-electron chi connectivity index (χ4n) is 1.28. The van der Waals surface area contributed by atoms with Crippen LogP contribution in [0.15, 0.2) is 5.16 Å². The highest BCUT2D eigenvalue weighted by molar-refractivity contribution is 7.90. The van der Waals surface area contributed by atoms with E-state index in [4.69, 9.17) is 10.9 Å². The molecule has 0 rings (SSSR count). The van der Waals surface area contributed by atoms with Crippen molar-refractivity contribution in [3.63, 3.8) is 0 Å². The van der Waals surface area contributed by atoms with E-state index in [1.807, 2.05) is 0 Å². The third-order valence-electron chi connectivity index (χ3n) is 2.38. The van der Waals surface area contributed by atoms with E-state index < -0.39 is 14.8 Å². The molecule has 0 aliphatic rings. The summed E-state index contributed by atoms with van der Waals surface area (Å²) in [6.07, 6.45) is 0.212. The lowest BCUT2D eigenvalue weighted by atomic mass is 10.3.